The molecule has 0 amide bonds. The summed E-state index contributed by atoms with van der Waals surface area (Å²) in [5, 5.41) is 44.9. The summed E-state index contributed by atoms with van der Waals surface area (Å²) < 4.78 is 0. The molecule has 1 aromatic carbocycles. The largest absolute Gasteiger partial charge is 0.504 e. The third-order valence-corrected chi connectivity index (χ3v) is 2.21. The molecule has 0 unspecified atom stereocenters. The number of carboxylic acids is 1. The van der Waals surface area contributed by atoms with Crippen LogP contribution in [-0.2, 0) is 11.2 Å². The van der Waals surface area contributed by atoms with Crippen molar-refractivity contribution < 1.29 is 20.1 Å². The van der Waals surface area contributed by atoms with Gasteiger partial charge >= 0.3 is 5.97 Å². The van der Waals surface area contributed by atoms with E-state index in [2.05, 4.69) is 0 Å². The number of nitrogens with zero attached hydrogens (tertiary/aromatic N) is 2. The van der Waals surface area contributed by atoms with Gasteiger partial charge in [0.15, 0.2) is 11.5 Å². The molecule has 1 aromatic rings. The molecule has 0 aromatic heterocycles. The zero-order valence-electron chi connectivity index (χ0n) is 8.64. The molecule has 0 saturated carbocycles. The molecule has 3 N–H and O–H groups in total. The maximum absolute atomic E-state index is 10.4. The predicted octanol–water partition coefficient (Wildman–Crippen LogP) is 0.858. The lowest BCUT2D eigenvalue weighted by atomic mass is 9.96. The number of aliphatic carboxylic acids is 1. The van der Waals surface area contributed by atoms with Gasteiger partial charge in [-0.2, -0.15) is 10.5 Å². The first-order valence-corrected chi connectivity index (χ1v) is 4.61. The van der Waals surface area contributed by atoms with Crippen molar-refractivity contribution in [2.45, 2.75) is 12.8 Å². The highest BCUT2D eigenvalue weighted by atomic mass is 16.4. The van der Waals surface area contributed by atoms with Gasteiger partial charge in [-0.3, -0.25) is 4.79 Å². The highest BCUT2D eigenvalue weighted by molar-refractivity contribution is 5.68. The molecule has 6 nitrogen and oxygen atoms in total. The molecule has 0 aliphatic carbocycles. The lowest BCUT2D eigenvalue weighted by Gasteiger charge is -2.08. The van der Waals surface area contributed by atoms with Gasteiger partial charge in [0.1, 0.15) is 11.6 Å². The number of hydrogen-bond donors (Lipinski definition) is 3. The molecule has 17 heavy (non-hydrogen) atoms. The number of aromatic hydroxyl groups is 2. The molecule has 0 aliphatic heterocycles. The SMILES string of the molecule is N#Cc1cc(O)c(O)c(C#N)c1CCC(=O)O. The van der Waals surface area contributed by atoms with E-state index in [-0.39, 0.29) is 29.5 Å². The summed E-state index contributed by atoms with van der Waals surface area (Å²) in [6.07, 6.45) is -0.331. The number of rotatable bonds is 3. The van der Waals surface area contributed by atoms with Crippen molar-refractivity contribution in [3.05, 3.63) is 22.8 Å². The summed E-state index contributed by atoms with van der Waals surface area (Å²) >= 11 is 0. The van der Waals surface area contributed by atoms with Crippen molar-refractivity contribution in [1.29, 1.82) is 10.5 Å². The van der Waals surface area contributed by atoms with Gasteiger partial charge in [0.25, 0.3) is 0 Å². The zero-order valence-corrected chi connectivity index (χ0v) is 8.64. The van der Waals surface area contributed by atoms with Crippen LogP contribution in [0.15, 0.2) is 6.07 Å². The normalized spacial score (nSPS) is 9.29. The Morgan fingerprint density at radius 2 is 1.94 bits per heavy atom. The molecule has 0 fully saturated rings. The molecule has 0 saturated heterocycles. The number of nitriles is 2. The number of hydrogen-bond acceptors (Lipinski definition) is 5. The highest BCUT2D eigenvalue weighted by Gasteiger charge is 2.17. The van der Waals surface area contributed by atoms with E-state index in [4.69, 9.17) is 15.6 Å². The molecule has 6 heteroatoms. The second-order valence-corrected chi connectivity index (χ2v) is 3.26. The van der Waals surface area contributed by atoms with Crippen LogP contribution in [0.5, 0.6) is 11.5 Å². The van der Waals surface area contributed by atoms with Crippen molar-refractivity contribution >= 4 is 5.97 Å². The third kappa shape index (κ3) is 2.44. The predicted molar refractivity (Wildman–Crippen MR) is 55.2 cm³/mol. The van der Waals surface area contributed by atoms with Gasteiger partial charge < -0.3 is 15.3 Å². The van der Waals surface area contributed by atoms with Crippen molar-refractivity contribution in [2.75, 3.05) is 0 Å². The summed E-state index contributed by atoms with van der Waals surface area (Å²) in [7, 11) is 0. The fraction of sp³-hybridized carbons (Fsp3) is 0.182. The lowest BCUT2D eigenvalue weighted by Crippen LogP contribution is -2.02. The van der Waals surface area contributed by atoms with E-state index in [0.717, 1.165) is 6.07 Å². The quantitative estimate of drug-likeness (QED) is 0.663. The molecule has 0 heterocycles. The maximum atomic E-state index is 10.4. The fourth-order valence-electron chi connectivity index (χ4n) is 1.41. The van der Waals surface area contributed by atoms with Crippen LogP contribution in [0.4, 0.5) is 0 Å². The number of benzene rings is 1. The van der Waals surface area contributed by atoms with Gasteiger partial charge in [-0.15, -0.1) is 0 Å². The van der Waals surface area contributed by atoms with Crippen LogP contribution in [0.2, 0.25) is 0 Å². The minimum atomic E-state index is -1.08. The van der Waals surface area contributed by atoms with E-state index >= 15 is 0 Å². The van der Waals surface area contributed by atoms with Crippen LogP contribution >= 0.6 is 0 Å². The van der Waals surface area contributed by atoms with Crippen LogP contribution in [0.1, 0.15) is 23.1 Å². The minimum absolute atomic E-state index is 0.0156. The Hall–Kier alpha value is -2.73. The number of carbonyl (C=O) groups is 1. The fourth-order valence-corrected chi connectivity index (χ4v) is 1.41. The summed E-state index contributed by atoms with van der Waals surface area (Å²) in [6.45, 7) is 0. The van der Waals surface area contributed by atoms with Crippen molar-refractivity contribution in [3.63, 3.8) is 0 Å². The van der Waals surface area contributed by atoms with Crippen molar-refractivity contribution in [3.8, 4) is 23.6 Å². The van der Waals surface area contributed by atoms with E-state index in [9.17, 15) is 15.0 Å². The molecule has 86 valence electrons. The molecule has 0 spiro atoms. The average Bonchev–Trinajstić information content (AvgIpc) is 2.29. The standard InChI is InChI=1S/C11H8N2O4/c12-4-6-3-9(14)11(17)8(5-13)7(6)1-2-10(15)16/h3,14,17H,1-2H2,(H,15,16). The Kier molecular flexibility index (Phi) is 3.53. The summed E-state index contributed by atoms with van der Waals surface area (Å²) in [5.74, 6) is -2.28. The van der Waals surface area contributed by atoms with E-state index in [1.54, 1.807) is 12.1 Å². The molecular formula is C11H8N2O4. The Balaban J connectivity index is 3.35. The molecular weight excluding hydrogens is 224 g/mol. The Morgan fingerprint density at radius 3 is 2.41 bits per heavy atom. The van der Waals surface area contributed by atoms with Crippen molar-refractivity contribution in [1.82, 2.24) is 0 Å². The van der Waals surface area contributed by atoms with Crippen LogP contribution in [0.25, 0.3) is 0 Å². The molecule has 1 rings (SSSR count). The smallest absolute Gasteiger partial charge is 0.303 e. The second kappa shape index (κ2) is 4.86. The van der Waals surface area contributed by atoms with Crippen LogP contribution in [0, 0.1) is 22.7 Å². The van der Waals surface area contributed by atoms with Gasteiger partial charge in [0, 0.05) is 12.5 Å². The lowest BCUT2D eigenvalue weighted by molar-refractivity contribution is -0.136. The minimum Gasteiger partial charge on any atom is -0.504 e. The summed E-state index contributed by atoms with van der Waals surface area (Å²) in [4.78, 5) is 10.4. The second-order valence-electron chi connectivity index (χ2n) is 3.26. The Morgan fingerprint density at radius 1 is 1.29 bits per heavy atom. The Bertz CT molecular complexity index is 552. The van der Waals surface area contributed by atoms with Gasteiger partial charge in [0.2, 0.25) is 0 Å². The average molecular weight is 232 g/mol. The zero-order chi connectivity index (χ0) is 13.0. The topological polar surface area (TPSA) is 125 Å². The van der Waals surface area contributed by atoms with Crippen LogP contribution in [0.3, 0.4) is 0 Å². The van der Waals surface area contributed by atoms with Crippen LogP contribution < -0.4 is 0 Å². The van der Waals surface area contributed by atoms with Crippen LogP contribution in [-0.4, -0.2) is 21.3 Å². The van der Waals surface area contributed by atoms with Gasteiger partial charge in [-0.05, 0) is 12.0 Å². The summed E-state index contributed by atoms with van der Waals surface area (Å²) in [5.41, 5.74) is -0.145. The first-order valence-electron chi connectivity index (χ1n) is 4.61. The summed E-state index contributed by atoms with van der Waals surface area (Å²) in [6, 6.07) is 4.40. The molecule has 0 aliphatic rings. The van der Waals surface area contributed by atoms with Crippen molar-refractivity contribution in [2.24, 2.45) is 0 Å². The van der Waals surface area contributed by atoms with Gasteiger partial charge in [0.05, 0.1) is 11.6 Å². The van der Waals surface area contributed by atoms with E-state index in [1.807, 2.05) is 0 Å². The first-order chi connectivity index (χ1) is 8.01. The number of carboxylic acid groups (broad SMARTS) is 1. The highest BCUT2D eigenvalue weighted by Crippen LogP contribution is 2.33. The molecule has 0 bridgehead atoms. The monoisotopic (exact) mass is 232 g/mol. The number of phenols is 2. The Labute approximate surface area is 96.6 Å². The molecule has 0 radical (unpaired) electrons. The molecule has 0 atom stereocenters. The van der Waals surface area contributed by atoms with Gasteiger partial charge in [-0.25, -0.2) is 0 Å². The van der Waals surface area contributed by atoms with E-state index in [1.165, 1.54) is 0 Å². The first kappa shape index (κ1) is 12.3. The number of phenolic OH excluding ortho intramolecular Hbond substituents is 2. The van der Waals surface area contributed by atoms with E-state index < -0.39 is 17.5 Å². The van der Waals surface area contributed by atoms with Gasteiger partial charge in [-0.1, -0.05) is 0 Å². The van der Waals surface area contributed by atoms with E-state index in [0.29, 0.717) is 0 Å². The maximum Gasteiger partial charge on any atom is 0.303 e. The third-order valence-electron chi connectivity index (χ3n) is 2.21.